The van der Waals surface area contributed by atoms with Crippen LogP contribution >= 0.6 is 11.8 Å². The highest BCUT2D eigenvalue weighted by molar-refractivity contribution is 8.00. The lowest BCUT2D eigenvalue weighted by Crippen LogP contribution is -2.39. The van der Waals surface area contributed by atoms with Crippen molar-refractivity contribution in [3.63, 3.8) is 0 Å². The molecule has 0 aromatic rings. The molecule has 0 radical (unpaired) electrons. The van der Waals surface area contributed by atoms with Crippen molar-refractivity contribution in [2.45, 2.75) is 31.1 Å². The second-order valence-corrected chi connectivity index (χ2v) is 8.62. The van der Waals surface area contributed by atoms with Gasteiger partial charge < -0.3 is 9.64 Å². The Hall–Kier alpha value is -0.760. The van der Waals surface area contributed by atoms with Crippen molar-refractivity contribution in [1.82, 2.24) is 4.90 Å². The Morgan fingerprint density at radius 3 is 2.60 bits per heavy atom. The van der Waals surface area contributed by atoms with Gasteiger partial charge in [-0.3, -0.25) is 9.59 Å². The molecule has 2 unspecified atom stereocenters. The van der Waals surface area contributed by atoms with Gasteiger partial charge in [0.2, 0.25) is 5.91 Å². The van der Waals surface area contributed by atoms with E-state index in [0.717, 1.165) is 0 Å². The van der Waals surface area contributed by atoms with Crippen molar-refractivity contribution in [3.05, 3.63) is 0 Å². The van der Waals surface area contributed by atoms with Gasteiger partial charge in [-0.2, -0.15) is 0 Å². The number of methoxy groups -OCH3 is 1. The molecule has 1 fully saturated rings. The third kappa shape index (κ3) is 5.32. The van der Waals surface area contributed by atoms with E-state index in [1.165, 1.54) is 23.8 Å². The van der Waals surface area contributed by atoms with Crippen LogP contribution in [0.3, 0.4) is 0 Å². The van der Waals surface area contributed by atoms with Gasteiger partial charge in [-0.15, -0.1) is 11.8 Å². The van der Waals surface area contributed by atoms with Crippen LogP contribution in [0, 0.1) is 0 Å². The molecule has 0 aromatic heterocycles. The van der Waals surface area contributed by atoms with Crippen LogP contribution in [0.25, 0.3) is 0 Å². The number of ether oxygens (including phenoxy) is 1. The van der Waals surface area contributed by atoms with Crippen LogP contribution in [0.15, 0.2) is 0 Å². The number of esters is 1. The molecule has 1 rings (SSSR count). The number of rotatable bonds is 6. The summed E-state index contributed by atoms with van der Waals surface area (Å²) in [6.07, 6.45) is 0.767. The lowest BCUT2D eigenvalue weighted by Gasteiger charge is -2.23. The molecule has 1 saturated heterocycles. The van der Waals surface area contributed by atoms with E-state index < -0.39 is 9.84 Å². The van der Waals surface area contributed by atoms with Gasteiger partial charge in [0.1, 0.15) is 0 Å². The molecule has 0 N–H and O–H groups in total. The lowest BCUT2D eigenvalue weighted by molar-refractivity contribution is -0.140. The first-order chi connectivity index (χ1) is 9.25. The number of amides is 1. The summed E-state index contributed by atoms with van der Waals surface area (Å²) in [6, 6.07) is -0.219. The first kappa shape index (κ1) is 17.3. The highest BCUT2D eigenvalue weighted by Crippen LogP contribution is 2.19. The fourth-order valence-corrected chi connectivity index (χ4v) is 4.64. The third-order valence-electron chi connectivity index (χ3n) is 3.32. The van der Waals surface area contributed by atoms with Gasteiger partial charge in [0.05, 0.1) is 30.8 Å². The molecule has 116 valence electrons. The summed E-state index contributed by atoms with van der Waals surface area (Å²) in [7, 11) is -0.0157. The molecule has 2 atom stereocenters. The number of sulfone groups is 1. The summed E-state index contributed by atoms with van der Waals surface area (Å²) in [4.78, 5) is 24.6. The maximum atomic E-state index is 12.0. The van der Waals surface area contributed by atoms with Gasteiger partial charge in [-0.05, 0) is 6.42 Å². The summed E-state index contributed by atoms with van der Waals surface area (Å²) in [5.74, 6) is 0.0470. The topological polar surface area (TPSA) is 80.8 Å². The minimum absolute atomic E-state index is 0.00730. The number of carbonyl (C=O) groups excluding carboxylic acids is 2. The molecule has 1 aliphatic heterocycles. The molecule has 8 heteroatoms. The van der Waals surface area contributed by atoms with Crippen molar-refractivity contribution in [3.8, 4) is 0 Å². The van der Waals surface area contributed by atoms with Crippen molar-refractivity contribution < 1.29 is 22.7 Å². The van der Waals surface area contributed by atoms with Gasteiger partial charge >= 0.3 is 5.97 Å². The molecule has 0 saturated carbocycles. The van der Waals surface area contributed by atoms with Crippen molar-refractivity contribution >= 4 is 33.5 Å². The van der Waals surface area contributed by atoms with E-state index in [-0.39, 0.29) is 46.8 Å². The maximum absolute atomic E-state index is 12.0. The molecule has 0 aromatic carbocycles. The fourth-order valence-electron chi connectivity index (χ4n) is 1.98. The number of thioether (sulfide) groups is 1. The molecule has 1 heterocycles. The summed E-state index contributed by atoms with van der Waals surface area (Å²) in [5, 5.41) is -0.00730. The minimum atomic E-state index is -2.99. The second kappa shape index (κ2) is 7.31. The fraction of sp³-hybridized carbons (Fsp3) is 0.833. The summed E-state index contributed by atoms with van der Waals surface area (Å²) in [6.45, 7) is 1.86. The quantitative estimate of drug-likeness (QED) is 0.655. The Balaban J connectivity index is 2.37. The Kier molecular flexibility index (Phi) is 6.32. The Bertz CT molecular complexity index is 462. The van der Waals surface area contributed by atoms with Gasteiger partial charge in [0, 0.05) is 18.3 Å². The Morgan fingerprint density at radius 1 is 1.45 bits per heavy atom. The maximum Gasteiger partial charge on any atom is 0.306 e. The van der Waals surface area contributed by atoms with E-state index in [4.69, 9.17) is 0 Å². The predicted molar refractivity (Wildman–Crippen MR) is 78.4 cm³/mol. The molecular formula is C12H21NO5S2. The monoisotopic (exact) mass is 323 g/mol. The summed E-state index contributed by atoms with van der Waals surface area (Å²) in [5.41, 5.74) is 0. The van der Waals surface area contributed by atoms with E-state index in [1.54, 1.807) is 7.05 Å². The number of nitrogens with zero attached hydrogens (tertiary/aromatic N) is 1. The molecule has 20 heavy (non-hydrogen) atoms. The first-order valence-corrected chi connectivity index (χ1v) is 9.26. The number of hydrogen-bond acceptors (Lipinski definition) is 6. The molecule has 1 aliphatic rings. The van der Waals surface area contributed by atoms with Crippen LogP contribution in [0.1, 0.15) is 19.8 Å². The van der Waals surface area contributed by atoms with Crippen molar-refractivity contribution in [1.29, 1.82) is 0 Å². The zero-order chi connectivity index (χ0) is 15.3. The van der Waals surface area contributed by atoms with Crippen molar-refractivity contribution in [2.24, 2.45) is 0 Å². The van der Waals surface area contributed by atoms with Gasteiger partial charge in [0.15, 0.2) is 9.84 Å². The van der Waals surface area contributed by atoms with Crippen LogP contribution in [0.2, 0.25) is 0 Å². The van der Waals surface area contributed by atoms with E-state index in [2.05, 4.69) is 4.74 Å². The standard InChI is InChI=1S/C12H21NO5S2/c1-9(6-12(15)18-3)19-7-11(14)13(2)10-4-5-20(16,17)8-10/h9-10H,4-8H2,1-3H3. The van der Waals surface area contributed by atoms with Crippen LogP contribution in [0.4, 0.5) is 0 Å². The van der Waals surface area contributed by atoms with Crippen LogP contribution in [-0.2, 0) is 24.2 Å². The summed E-state index contributed by atoms with van der Waals surface area (Å²) < 4.78 is 27.4. The van der Waals surface area contributed by atoms with Gasteiger partial charge in [-0.1, -0.05) is 6.92 Å². The predicted octanol–water partition coefficient (Wildman–Crippen LogP) is 0.317. The highest BCUT2D eigenvalue weighted by atomic mass is 32.2. The van der Waals surface area contributed by atoms with Crippen LogP contribution in [-0.4, -0.2) is 67.9 Å². The molecule has 0 aliphatic carbocycles. The van der Waals surface area contributed by atoms with E-state index >= 15 is 0 Å². The SMILES string of the molecule is COC(=O)CC(C)SCC(=O)N(C)C1CCS(=O)(=O)C1. The van der Waals surface area contributed by atoms with Crippen LogP contribution < -0.4 is 0 Å². The average molecular weight is 323 g/mol. The van der Waals surface area contributed by atoms with Gasteiger partial charge in [0.25, 0.3) is 0 Å². The third-order valence-corrected chi connectivity index (χ3v) is 6.22. The summed E-state index contributed by atoms with van der Waals surface area (Å²) >= 11 is 1.37. The molecule has 6 nitrogen and oxygen atoms in total. The number of carbonyl (C=O) groups is 2. The smallest absolute Gasteiger partial charge is 0.306 e. The minimum Gasteiger partial charge on any atom is -0.469 e. The first-order valence-electron chi connectivity index (χ1n) is 6.39. The highest BCUT2D eigenvalue weighted by Gasteiger charge is 2.32. The van der Waals surface area contributed by atoms with Crippen molar-refractivity contribution in [2.75, 3.05) is 31.4 Å². The number of hydrogen-bond donors (Lipinski definition) is 0. The Morgan fingerprint density at radius 2 is 2.10 bits per heavy atom. The van der Waals surface area contributed by atoms with E-state index in [1.807, 2.05) is 6.92 Å². The van der Waals surface area contributed by atoms with Crippen LogP contribution in [0.5, 0.6) is 0 Å². The van der Waals surface area contributed by atoms with E-state index in [0.29, 0.717) is 6.42 Å². The zero-order valence-electron chi connectivity index (χ0n) is 12.0. The molecular weight excluding hydrogens is 302 g/mol. The Labute approximate surface area is 124 Å². The van der Waals surface area contributed by atoms with E-state index in [9.17, 15) is 18.0 Å². The van der Waals surface area contributed by atoms with Gasteiger partial charge in [-0.25, -0.2) is 8.42 Å². The largest absolute Gasteiger partial charge is 0.469 e. The normalized spacial score (nSPS) is 22.2. The average Bonchev–Trinajstić information content (AvgIpc) is 2.75. The zero-order valence-corrected chi connectivity index (χ0v) is 13.6. The molecule has 0 bridgehead atoms. The molecule has 1 amide bonds. The second-order valence-electron chi connectivity index (χ2n) is 4.96. The molecule has 0 spiro atoms. The lowest BCUT2D eigenvalue weighted by atomic mass is 10.2.